The molecule has 0 bridgehead atoms. The predicted molar refractivity (Wildman–Crippen MR) is 86.0 cm³/mol. The predicted octanol–water partition coefficient (Wildman–Crippen LogP) is 5.36. The van der Waals surface area contributed by atoms with Crippen molar-refractivity contribution in [3.8, 4) is 6.07 Å². The fourth-order valence-electron chi connectivity index (χ4n) is 2.14. The Hall–Kier alpha value is -2.38. The Balaban J connectivity index is 1.95. The van der Waals surface area contributed by atoms with Crippen LogP contribution in [-0.2, 0) is 0 Å². The second kappa shape index (κ2) is 5.55. The summed E-state index contributed by atoms with van der Waals surface area (Å²) >= 11 is 3.44. The molecule has 0 heterocycles. The van der Waals surface area contributed by atoms with Gasteiger partial charge in [-0.2, -0.15) is 5.26 Å². The molecule has 0 radical (unpaired) electrons. The van der Waals surface area contributed by atoms with Crippen molar-refractivity contribution in [1.82, 2.24) is 0 Å². The number of nitrogens with one attached hydrogen (secondary N) is 1. The minimum atomic E-state index is -0.440. The SMILES string of the molecule is N#Cc1ccc(Nc2ccc3cc(Br)ccc3c2)c(F)c1. The van der Waals surface area contributed by atoms with Crippen LogP contribution in [0.4, 0.5) is 15.8 Å². The van der Waals surface area contributed by atoms with Crippen LogP contribution in [-0.4, -0.2) is 0 Å². The van der Waals surface area contributed by atoms with Gasteiger partial charge in [-0.1, -0.05) is 28.1 Å². The van der Waals surface area contributed by atoms with Crippen molar-refractivity contribution in [1.29, 1.82) is 5.26 Å². The molecule has 0 saturated heterocycles. The van der Waals surface area contributed by atoms with Crippen LogP contribution >= 0.6 is 15.9 Å². The molecule has 0 unspecified atom stereocenters. The minimum Gasteiger partial charge on any atom is -0.353 e. The molecule has 0 aliphatic heterocycles. The van der Waals surface area contributed by atoms with Crippen molar-refractivity contribution in [3.63, 3.8) is 0 Å². The van der Waals surface area contributed by atoms with Gasteiger partial charge in [-0.25, -0.2) is 4.39 Å². The van der Waals surface area contributed by atoms with Crippen molar-refractivity contribution in [3.05, 3.63) is 70.5 Å². The van der Waals surface area contributed by atoms with E-state index in [-0.39, 0.29) is 0 Å². The Morgan fingerprint density at radius 2 is 1.71 bits per heavy atom. The molecule has 0 aliphatic rings. The van der Waals surface area contributed by atoms with Gasteiger partial charge in [0.25, 0.3) is 0 Å². The van der Waals surface area contributed by atoms with Gasteiger partial charge in [0.1, 0.15) is 5.82 Å². The molecule has 21 heavy (non-hydrogen) atoms. The lowest BCUT2D eigenvalue weighted by Gasteiger charge is -2.09. The number of nitrogens with zero attached hydrogens (tertiary/aromatic N) is 1. The Bertz CT molecular complexity index is 868. The fourth-order valence-corrected chi connectivity index (χ4v) is 2.51. The highest BCUT2D eigenvalue weighted by atomic mass is 79.9. The summed E-state index contributed by atoms with van der Waals surface area (Å²) < 4.78 is 14.9. The molecule has 0 saturated carbocycles. The number of nitriles is 1. The van der Waals surface area contributed by atoms with Crippen molar-refractivity contribution in [2.75, 3.05) is 5.32 Å². The first-order valence-electron chi connectivity index (χ1n) is 6.32. The Morgan fingerprint density at radius 3 is 2.48 bits per heavy atom. The molecule has 3 aromatic rings. The highest BCUT2D eigenvalue weighted by Crippen LogP contribution is 2.26. The van der Waals surface area contributed by atoms with E-state index in [4.69, 9.17) is 5.26 Å². The molecule has 0 amide bonds. The molecule has 4 heteroatoms. The standard InChI is InChI=1S/C17H10BrFN2/c18-14-4-2-13-9-15(5-3-12(13)8-14)21-17-6-1-11(10-20)7-16(17)19/h1-9,21H. The van der Waals surface area contributed by atoms with Crippen LogP contribution in [0.3, 0.4) is 0 Å². The average Bonchev–Trinajstić information content (AvgIpc) is 2.49. The first kappa shape index (κ1) is 13.6. The van der Waals surface area contributed by atoms with Gasteiger partial charge in [-0.3, -0.25) is 0 Å². The van der Waals surface area contributed by atoms with Crippen LogP contribution in [0.5, 0.6) is 0 Å². The van der Waals surface area contributed by atoms with Crippen LogP contribution < -0.4 is 5.32 Å². The largest absolute Gasteiger partial charge is 0.353 e. The molecule has 1 N–H and O–H groups in total. The number of halogens is 2. The highest BCUT2D eigenvalue weighted by molar-refractivity contribution is 9.10. The van der Waals surface area contributed by atoms with E-state index in [0.29, 0.717) is 11.3 Å². The van der Waals surface area contributed by atoms with Gasteiger partial charge in [-0.15, -0.1) is 0 Å². The van der Waals surface area contributed by atoms with Gasteiger partial charge in [-0.05, 0) is 53.2 Å². The first-order chi connectivity index (χ1) is 10.2. The van der Waals surface area contributed by atoms with E-state index < -0.39 is 5.82 Å². The molecule has 3 rings (SSSR count). The van der Waals surface area contributed by atoms with E-state index in [2.05, 4.69) is 21.2 Å². The van der Waals surface area contributed by atoms with Gasteiger partial charge < -0.3 is 5.32 Å². The summed E-state index contributed by atoms with van der Waals surface area (Å²) in [6.45, 7) is 0. The van der Waals surface area contributed by atoms with Gasteiger partial charge in [0.2, 0.25) is 0 Å². The number of benzene rings is 3. The molecule has 3 aromatic carbocycles. The number of rotatable bonds is 2. The summed E-state index contributed by atoms with van der Waals surface area (Å²) in [5, 5.41) is 14.0. The van der Waals surface area contributed by atoms with Gasteiger partial charge in [0.15, 0.2) is 0 Å². The smallest absolute Gasteiger partial charge is 0.147 e. The van der Waals surface area contributed by atoms with Crippen molar-refractivity contribution in [2.45, 2.75) is 0 Å². The Labute approximate surface area is 130 Å². The zero-order chi connectivity index (χ0) is 14.8. The lowest BCUT2D eigenvalue weighted by molar-refractivity contribution is 0.631. The third kappa shape index (κ3) is 2.88. The van der Waals surface area contributed by atoms with Crippen molar-refractivity contribution >= 4 is 38.1 Å². The number of hydrogen-bond acceptors (Lipinski definition) is 2. The molecule has 0 aromatic heterocycles. The maximum Gasteiger partial charge on any atom is 0.147 e. The number of hydrogen-bond donors (Lipinski definition) is 1. The lowest BCUT2D eigenvalue weighted by atomic mass is 10.1. The zero-order valence-corrected chi connectivity index (χ0v) is 12.5. The van der Waals surface area contributed by atoms with Crippen LogP contribution in [0.25, 0.3) is 10.8 Å². The summed E-state index contributed by atoms with van der Waals surface area (Å²) in [6, 6.07) is 18.1. The zero-order valence-electron chi connectivity index (χ0n) is 10.9. The van der Waals surface area contributed by atoms with E-state index in [1.165, 1.54) is 6.07 Å². The van der Waals surface area contributed by atoms with E-state index in [0.717, 1.165) is 20.9 Å². The van der Waals surface area contributed by atoms with Gasteiger partial charge in [0.05, 0.1) is 17.3 Å². The Morgan fingerprint density at radius 1 is 0.952 bits per heavy atom. The number of anilines is 2. The number of fused-ring (bicyclic) bond motifs is 1. The van der Waals surface area contributed by atoms with Crippen molar-refractivity contribution in [2.24, 2.45) is 0 Å². The second-order valence-corrected chi connectivity index (χ2v) is 5.55. The van der Waals surface area contributed by atoms with E-state index in [9.17, 15) is 4.39 Å². The third-order valence-corrected chi connectivity index (χ3v) is 3.67. The topological polar surface area (TPSA) is 35.8 Å². The van der Waals surface area contributed by atoms with Crippen LogP contribution in [0.15, 0.2) is 59.1 Å². The summed E-state index contributed by atoms with van der Waals surface area (Å²) in [7, 11) is 0. The summed E-state index contributed by atoms with van der Waals surface area (Å²) in [5.74, 6) is -0.440. The Kier molecular flexibility index (Phi) is 3.59. The summed E-state index contributed by atoms with van der Waals surface area (Å²) in [4.78, 5) is 0. The second-order valence-electron chi connectivity index (χ2n) is 4.64. The quantitative estimate of drug-likeness (QED) is 0.681. The summed E-state index contributed by atoms with van der Waals surface area (Å²) in [6.07, 6.45) is 0. The molecule has 102 valence electrons. The molecule has 0 atom stereocenters. The molecular formula is C17H10BrFN2. The van der Waals surface area contributed by atoms with Crippen LogP contribution in [0.2, 0.25) is 0 Å². The maximum absolute atomic E-state index is 13.9. The molecular weight excluding hydrogens is 331 g/mol. The normalized spacial score (nSPS) is 10.3. The molecule has 0 fully saturated rings. The van der Waals surface area contributed by atoms with Crippen LogP contribution in [0, 0.1) is 17.1 Å². The molecule has 0 aliphatic carbocycles. The monoisotopic (exact) mass is 340 g/mol. The van der Waals surface area contributed by atoms with E-state index in [1.807, 2.05) is 42.5 Å². The van der Waals surface area contributed by atoms with E-state index in [1.54, 1.807) is 12.1 Å². The van der Waals surface area contributed by atoms with E-state index >= 15 is 0 Å². The summed E-state index contributed by atoms with van der Waals surface area (Å²) in [5.41, 5.74) is 1.46. The van der Waals surface area contributed by atoms with Gasteiger partial charge in [0, 0.05) is 10.2 Å². The average molecular weight is 341 g/mol. The van der Waals surface area contributed by atoms with Crippen LogP contribution in [0.1, 0.15) is 5.56 Å². The minimum absolute atomic E-state index is 0.307. The van der Waals surface area contributed by atoms with Crippen molar-refractivity contribution < 1.29 is 4.39 Å². The maximum atomic E-state index is 13.9. The highest BCUT2D eigenvalue weighted by Gasteiger charge is 2.04. The van der Waals surface area contributed by atoms with Gasteiger partial charge >= 0.3 is 0 Å². The lowest BCUT2D eigenvalue weighted by Crippen LogP contribution is -1.94. The fraction of sp³-hybridized carbons (Fsp3) is 0. The first-order valence-corrected chi connectivity index (χ1v) is 7.11. The molecule has 0 spiro atoms. The molecule has 2 nitrogen and oxygen atoms in total. The third-order valence-electron chi connectivity index (χ3n) is 3.18.